The molecule has 1 aromatic rings. The maximum absolute atomic E-state index is 12.3. The standard InChI is InChI=1S/C18H30N2O/c1-7-19-11-14(6)18(21)20-17-9-8-15(12(2)3)10-16(17)13(4)5/h8-10,12-14,19H,7,11H2,1-6H3,(H,20,21). The minimum Gasteiger partial charge on any atom is -0.326 e. The molecule has 0 fully saturated rings. The van der Waals surface area contributed by atoms with E-state index in [0.717, 1.165) is 12.2 Å². The third-order valence-electron chi connectivity index (χ3n) is 3.77. The topological polar surface area (TPSA) is 41.1 Å². The fourth-order valence-corrected chi connectivity index (χ4v) is 2.24. The van der Waals surface area contributed by atoms with E-state index in [0.29, 0.717) is 18.4 Å². The molecule has 1 aromatic carbocycles. The molecular weight excluding hydrogens is 260 g/mol. The third-order valence-corrected chi connectivity index (χ3v) is 3.77. The average Bonchev–Trinajstić information content (AvgIpc) is 2.44. The molecule has 0 bridgehead atoms. The van der Waals surface area contributed by atoms with Gasteiger partial charge in [-0.15, -0.1) is 0 Å². The van der Waals surface area contributed by atoms with Gasteiger partial charge >= 0.3 is 0 Å². The predicted octanol–water partition coefficient (Wildman–Crippen LogP) is 4.12. The number of amides is 1. The highest BCUT2D eigenvalue weighted by atomic mass is 16.1. The lowest BCUT2D eigenvalue weighted by Gasteiger charge is -2.19. The molecular formula is C18H30N2O. The zero-order valence-electron chi connectivity index (χ0n) is 14.3. The number of nitrogens with one attached hydrogen (secondary N) is 2. The van der Waals surface area contributed by atoms with E-state index in [1.807, 2.05) is 19.9 Å². The van der Waals surface area contributed by atoms with Crippen LogP contribution in [-0.2, 0) is 4.79 Å². The molecule has 118 valence electrons. The summed E-state index contributed by atoms with van der Waals surface area (Å²) in [7, 11) is 0. The van der Waals surface area contributed by atoms with Crippen molar-refractivity contribution < 1.29 is 4.79 Å². The van der Waals surface area contributed by atoms with Gasteiger partial charge in [0.25, 0.3) is 0 Å². The molecule has 0 heterocycles. The van der Waals surface area contributed by atoms with Crippen molar-refractivity contribution in [1.29, 1.82) is 0 Å². The third kappa shape index (κ3) is 5.16. The molecule has 0 saturated heterocycles. The lowest BCUT2D eigenvalue weighted by molar-refractivity contribution is -0.119. The zero-order chi connectivity index (χ0) is 16.0. The van der Waals surface area contributed by atoms with Gasteiger partial charge in [0.05, 0.1) is 0 Å². The van der Waals surface area contributed by atoms with Gasteiger partial charge in [-0.2, -0.15) is 0 Å². The summed E-state index contributed by atoms with van der Waals surface area (Å²) in [5, 5.41) is 6.30. The predicted molar refractivity (Wildman–Crippen MR) is 91.0 cm³/mol. The van der Waals surface area contributed by atoms with Crippen molar-refractivity contribution in [2.24, 2.45) is 5.92 Å². The monoisotopic (exact) mass is 290 g/mol. The second-order valence-corrected chi connectivity index (χ2v) is 6.35. The smallest absolute Gasteiger partial charge is 0.228 e. The molecule has 0 aromatic heterocycles. The van der Waals surface area contributed by atoms with Gasteiger partial charge < -0.3 is 10.6 Å². The number of benzene rings is 1. The van der Waals surface area contributed by atoms with Gasteiger partial charge in [0.1, 0.15) is 0 Å². The van der Waals surface area contributed by atoms with E-state index in [1.165, 1.54) is 11.1 Å². The van der Waals surface area contributed by atoms with Crippen molar-refractivity contribution in [2.45, 2.75) is 53.4 Å². The fourth-order valence-electron chi connectivity index (χ4n) is 2.24. The first-order chi connectivity index (χ1) is 9.86. The van der Waals surface area contributed by atoms with Gasteiger partial charge in [-0.3, -0.25) is 4.79 Å². The second kappa shape index (κ2) is 8.18. The van der Waals surface area contributed by atoms with Gasteiger partial charge in [0, 0.05) is 18.2 Å². The van der Waals surface area contributed by atoms with Gasteiger partial charge in [-0.1, -0.05) is 53.7 Å². The van der Waals surface area contributed by atoms with Gasteiger partial charge in [0.15, 0.2) is 0 Å². The number of hydrogen-bond donors (Lipinski definition) is 2. The van der Waals surface area contributed by atoms with Gasteiger partial charge in [0.2, 0.25) is 5.91 Å². The maximum atomic E-state index is 12.3. The van der Waals surface area contributed by atoms with Gasteiger partial charge in [-0.25, -0.2) is 0 Å². The van der Waals surface area contributed by atoms with Crippen LogP contribution in [0.1, 0.15) is 64.5 Å². The molecule has 21 heavy (non-hydrogen) atoms. The van der Waals surface area contributed by atoms with Crippen LogP contribution in [0.3, 0.4) is 0 Å². The summed E-state index contributed by atoms with van der Waals surface area (Å²) >= 11 is 0. The van der Waals surface area contributed by atoms with Crippen LogP contribution in [-0.4, -0.2) is 19.0 Å². The van der Waals surface area contributed by atoms with E-state index < -0.39 is 0 Å². The Morgan fingerprint density at radius 1 is 1.10 bits per heavy atom. The molecule has 1 rings (SSSR count). The number of carbonyl (C=O) groups excluding carboxylic acids is 1. The quantitative estimate of drug-likeness (QED) is 0.793. The molecule has 2 N–H and O–H groups in total. The Kier molecular flexibility index (Phi) is 6.90. The SMILES string of the molecule is CCNCC(C)C(=O)Nc1ccc(C(C)C)cc1C(C)C. The Hall–Kier alpha value is -1.35. The van der Waals surface area contributed by atoms with Crippen LogP contribution >= 0.6 is 0 Å². The van der Waals surface area contributed by atoms with Crippen molar-refractivity contribution in [2.75, 3.05) is 18.4 Å². The lowest BCUT2D eigenvalue weighted by atomic mass is 9.94. The molecule has 1 amide bonds. The Bertz CT molecular complexity index is 466. The summed E-state index contributed by atoms with van der Waals surface area (Å²) in [5.41, 5.74) is 3.48. The Morgan fingerprint density at radius 3 is 2.29 bits per heavy atom. The molecule has 0 saturated carbocycles. The zero-order valence-corrected chi connectivity index (χ0v) is 14.3. The average molecular weight is 290 g/mol. The summed E-state index contributed by atoms with van der Waals surface area (Å²) < 4.78 is 0. The number of anilines is 1. The van der Waals surface area contributed by atoms with Crippen molar-refractivity contribution in [1.82, 2.24) is 5.32 Å². The van der Waals surface area contributed by atoms with E-state index in [-0.39, 0.29) is 11.8 Å². The summed E-state index contributed by atoms with van der Waals surface area (Å²) in [6, 6.07) is 6.38. The van der Waals surface area contributed by atoms with Crippen LogP contribution in [0.4, 0.5) is 5.69 Å². The maximum Gasteiger partial charge on any atom is 0.228 e. The van der Waals surface area contributed by atoms with E-state index >= 15 is 0 Å². The Balaban J connectivity index is 2.89. The van der Waals surface area contributed by atoms with Crippen LogP contribution in [0.5, 0.6) is 0 Å². The molecule has 1 atom stereocenters. The van der Waals surface area contributed by atoms with Crippen LogP contribution in [0.15, 0.2) is 18.2 Å². The largest absolute Gasteiger partial charge is 0.326 e. The van der Waals surface area contributed by atoms with Crippen molar-refractivity contribution in [3.05, 3.63) is 29.3 Å². The molecule has 0 spiro atoms. The highest BCUT2D eigenvalue weighted by Gasteiger charge is 2.16. The Labute approximate surface area is 129 Å². The minimum atomic E-state index is -0.0327. The van der Waals surface area contributed by atoms with Crippen LogP contribution < -0.4 is 10.6 Å². The van der Waals surface area contributed by atoms with E-state index in [9.17, 15) is 4.79 Å². The normalized spacial score (nSPS) is 12.8. The van der Waals surface area contributed by atoms with Crippen LogP contribution in [0.2, 0.25) is 0 Å². The van der Waals surface area contributed by atoms with Crippen molar-refractivity contribution in [3.8, 4) is 0 Å². The van der Waals surface area contributed by atoms with Crippen molar-refractivity contribution >= 4 is 11.6 Å². The first-order valence-corrected chi connectivity index (χ1v) is 8.02. The number of carbonyl (C=O) groups is 1. The minimum absolute atomic E-state index is 0.0327. The fraction of sp³-hybridized carbons (Fsp3) is 0.611. The first-order valence-electron chi connectivity index (χ1n) is 8.02. The number of hydrogen-bond acceptors (Lipinski definition) is 2. The molecule has 0 aliphatic carbocycles. The summed E-state index contributed by atoms with van der Waals surface area (Å²) in [5.74, 6) is 0.938. The molecule has 3 heteroatoms. The molecule has 1 unspecified atom stereocenters. The highest BCUT2D eigenvalue weighted by molar-refractivity contribution is 5.93. The molecule has 3 nitrogen and oxygen atoms in total. The summed E-state index contributed by atoms with van der Waals surface area (Å²) in [4.78, 5) is 12.3. The van der Waals surface area contributed by atoms with E-state index in [4.69, 9.17) is 0 Å². The molecule has 0 aliphatic heterocycles. The highest BCUT2D eigenvalue weighted by Crippen LogP contribution is 2.28. The second-order valence-electron chi connectivity index (χ2n) is 6.35. The first kappa shape index (κ1) is 17.7. The van der Waals surface area contributed by atoms with Crippen LogP contribution in [0.25, 0.3) is 0 Å². The summed E-state index contributed by atoms with van der Waals surface area (Å²) in [6.45, 7) is 14.3. The molecule has 0 aliphatic rings. The van der Waals surface area contributed by atoms with Gasteiger partial charge in [-0.05, 0) is 35.6 Å². The van der Waals surface area contributed by atoms with Crippen LogP contribution in [0, 0.1) is 5.92 Å². The number of rotatable bonds is 7. The van der Waals surface area contributed by atoms with Crippen molar-refractivity contribution in [3.63, 3.8) is 0 Å². The Morgan fingerprint density at radius 2 is 1.76 bits per heavy atom. The summed E-state index contributed by atoms with van der Waals surface area (Å²) in [6.07, 6.45) is 0. The van der Waals surface area contributed by atoms with E-state index in [1.54, 1.807) is 0 Å². The molecule has 0 radical (unpaired) electrons. The lowest BCUT2D eigenvalue weighted by Crippen LogP contribution is -2.30. The van der Waals surface area contributed by atoms with E-state index in [2.05, 4.69) is 50.5 Å².